The van der Waals surface area contributed by atoms with E-state index in [0.717, 1.165) is 24.1 Å². The second-order valence-electron chi connectivity index (χ2n) is 6.57. The molecule has 2 aliphatic carbocycles. The van der Waals surface area contributed by atoms with Gasteiger partial charge in [0.05, 0.1) is 6.04 Å². The molecule has 4 heteroatoms. The fourth-order valence-electron chi connectivity index (χ4n) is 3.91. The van der Waals surface area contributed by atoms with Gasteiger partial charge in [-0.05, 0) is 44.4 Å². The van der Waals surface area contributed by atoms with Crippen LogP contribution in [0.3, 0.4) is 0 Å². The van der Waals surface area contributed by atoms with Gasteiger partial charge in [0.1, 0.15) is 0 Å². The first kappa shape index (κ1) is 11.9. The highest BCUT2D eigenvalue weighted by atomic mass is 16.5. The quantitative estimate of drug-likeness (QED) is 0.887. The van der Waals surface area contributed by atoms with Gasteiger partial charge in [0.15, 0.2) is 5.82 Å². The Kier molecular flexibility index (Phi) is 3.06. The minimum absolute atomic E-state index is 0.306. The van der Waals surface area contributed by atoms with Gasteiger partial charge < -0.3 is 9.84 Å². The van der Waals surface area contributed by atoms with E-state index in [1.165, 1.54) is 51.4 Å². The molecule has 2 saturated carbocycles. The maximum Gasteiger partial charge on any atom is 0.243 e. The summed E-state index contributed by atoms with van der Waals surface area (Å²) >= 11 is 0. The monoisotopic (exact) mass is 261 g/mol. The lowest BCUT2D eigenvalue weighted by Gasteiger charge is -2.39. The van der Waals surface area contributed by atoms with Gasteiger partial charge in [-0.3, -0.25) is 0 Å². The summed E-state index contributed by atoms with van der Waals surface area (Å²) in [6.07, 6.45) is 11.8. The number of fused-ring (bicyclic) bond motifs is 1. The largest absolute Gasteiger partial charge is 0.338 e. The molecular weight excluding hydrogens is 238 g/mol. The summed E-state index contributed by atoms with van der Waals surface area (Å²) in [4.78, 5) is 4.65. The lowest BCUT2D eigenvalue weighted by Crippen LogP contribution is -2.44. The fourth-order valence-corrected chi connectivity index (χ4v) is 3.91. The minimum Gasteiger partial charge on any atom is -0.338 e. The van der Waals surface area contributed by atoms with E-state index in [2.05, 4.69) is 15.5 Å². The smallest absolute Gasteiger partial charge is 0.243 e. The van der Waals surface area contributed by atoms with Crippen LogP contribution in [0.15, 0.2) is 4.52 Å². The third-order valence-corrected chi connectivity index (χ3v) is 5.38. The van der Waals surface area contributed by atoms with Gasteiger partial charge in [0.2, 0.25) is 5.89 Å². The first-order chi connectivity index (χ1) is 9.40. The van der Waals surface area contributed by atoms with E-state index in [0.29, 0.717) is 18.0 Å². The maximum absolute atomic E-state index is 5.52. The molecule has 3 unspecified atom stereocenters. The molecule has 0 spiro atoms. The lowest BCUT2D eigenvalue weighted by molar-refractivity contribution is 0.158. The van der Waals surface area contributed by atoms with Crippen molar-refractivity contribution in [3.8, 4) is 0 Å². The van der Waals surface area contributed by atoms with Crippen molar-refractivity contribution in [3.05, 3.63) is 11.7 Å². The number of nitrogens with zero attached hydrogens (tertiary/aromatic N) is 2. The SMILES string of the molecule is C1CC(c2noc(C3CCC4CCCCC4N3)n2)C1. The summed E-state index contributed by atoms with van der Waals surface area (Å²) < 4.78 is 5.52. The lowest BCUT2D eigenvalue weighted by atomic mass is 9.78. The van der Waals surface area contributed by atoms with E-state index < -0.39 is 0 Å². The molecule has 19 heavy (non-hydrogen) atoms. The molecule has 0 amide bonds. The summed E-state index contributed by atoms with van der Waals surface area (Å²) in [5.74, 6) is 3.25. The molecule has 0 aromatic carbocycles. The van der Waals surface area contributed by atoms with Gasteiger partial charge in [-0.15, -0.1) is 0 Å². The molecule has 3 atom stereocenters. The van der Waals surface area contributed by atoms with Crippen LogP contribution in [0, 0.1) is 5.92 Å². The highest BCUT2D eigenvalue weighted by Gasteiger charge is 2.35. The first-order valence-electron chi connectivity index (χ1n) is 8.00. The van der Waals surface area contributed by atoms with Gasteiger partial charge in [0, 0.05) is 12.0 Å². The normalized spacial score (nSPS) is 35.7. The molecule has 2 heterocycles. The Labute approximate surface area is 114 Å². The zero-order chi connectivity index (χ0) is 12.7. The Bertz CT molecular complexity index is 440. The predicted molar refractivity (Wildman–Crippen MR) is 71.7 cm³/mol. The molecule has 3 fully saturated rings. The van der Waals surface area contributed by atoms with Crippen molar-refractivity contribution in [3.63, 3.8) is 0 Å². The molecule has 1 saturated heterocycles. The van der Waals surface area contributed by atoms with Crippen molar-refractivity contribution >= 4 is 0 Å². The number of hydrogen-bond donors (Lipinski definition) is 1. The molecule has 4 rings (SSSR count). The number of hydrogen-bond acceptors (Lipinski definition) is 4. The van der Waals surface area contributed by atoms with E-state index in [1.54, 1.807) is 0 Å². The molecule has 0 radical (unpaired) electrons. The molecule has 1 aromatic heterocycles. The van der Waals surface area contributed by atoms with Crippen molar-refractivity contribution in [2.24, 2.45) is 5.92 Å². The van der Waals surface area contributed by atoms with Gasteiger partial charge in [0.25, 0.3) is 0 Å². The van der Waals surface area contributed by atoms with Crippen LogP contribution < -0.4 is 5.32 Å². The van der Waals surface area contributed by atoms with Crippen molar-refractivity contribution in [2.45, 2.75) is 75.8 Å². The third-order valence-electron chi connectivity index (χ3n) is 5.38. The van der Waals surface area contributed by atoms with Gasteiger partial charge in [-0.25, -0.2) is 0 Å². The van der Waals surface area contributed by atoms with Crippen molar-refractivity contribution in [1.82, 2.24) is 15.5 Å². The Balaban J connectivity index is 1.45. The number of nitrogens with one attached hydrogen (secondary N) is 1. The predicted octanol–water partition coefficient (Wildman–Crippen LogP) is 3.32. The number of aromatic nitrogens is 2. The van der Waals surface area contributed by atoms with E-state index >= 15 is 0 Å². The topological polar surface area (TPSA) is 51.0 Å². The fraction of sp³-hybridized carbons (Fsp3) is 0.867. The summed E-state index contributed by atoms with van der Waals surface area (Å²) in [6.45, 7) is 0. The van der Waals surface area contributed by atoms with Gasteiger partial charge >= 0.3 is 0 Å². The molecule has 1 aliphatic heterocycles. The van der Waals surface area contributed by atoms with Crippen LogP contribution in [-0.2, 0) is 0 Å². The van der Waals surface area contributed by atoms with Gasteiger partial charge in [-0.2, -0.15) is 4.98 Å². The second kappa shape index (κ2) is 4.89. The molecule has 1 aromatic rings. The highest BCUT2D eigenvalue weighted by Crippen LogP contribution is 2.38. The van der Waals surface area contributed by atoms with Crippen LogP contribution in [0.1, 0.15) is 81.5 Å². The Morgan fingerprint density at radius 3 is 2.68 bits per heavy atom. The standard InChI is InChI=1S/C15H23N3O/c1-2-7-12-10(4-1)8-9-13(16-12)15-17-14(18-19-15)11-5-3-6-11/h10-13,16H,1-9H2. The van der Waals surface area contributed by atoms with E-state index in [1.807, 2.05) is 0 Å². The summed E-state index contributed by atoms with van der Waals surface area (Å²) in [5, 5.41) is 7.96. The number of piperidine rings is 1. The van der Waals surface area contributed by atoms with E-state index in [9.17, 15) is 0 Å². The molecule has 0 bridgehead atoms. The van der Waals surface area contributed by atoms with Crippen LogP contribution >= 0.6 is 0 Å². The Morgan fingerprint density at radius 1 is 0.947 bits per heavy atom. The molecule has 104 valence electrons. The molecular formula is C15H23N3O. The summed E-state index contributed by atoms with van der Waals surface area (Å²) in [5.41, 5.74) is 0. The zero-order valence-electron chi connectivity index (χ0n) is 11.5. The van der Waals surface area contributed by atoms with Crippen molar-refractivity contribution in [2.75, 3.05) is 0 Å². The van der Waals surface area contributed by atoms with Crippen molar-refractivity contribution in [1.29, 1.82) is 0 Å². The van der Waals surface area contributed by atoms with Crippen LogP contribution in [-0.4, -0.2) is 16.2 Å². The van der Waals surface area contributed by atoms with Gasteiger partial charge in [-0.1, -0.05) is 24.4 Å². The summed E-state index contributed by atoms with van der Waals surface area (Å²) in [7, 11) is 0. The number of rotatable bonds is 2. The zero-order valence-corrected chi connectivity index (χ0v) is 11.5. The van der Waals surface area contributed by atoms with E-state index in [-0.39, 0.29) is 0 Å². The average Bonchev–Trinajstić information content (AvgIpc) is 2.85. The maximum atomic E-state index is 5.52. The van der Waals surface area contributed by atoms with Crippen LogP contribution in [0.2, 0.25) is 0 Å². The van der Waals surface area contributed by atoms with Crippen LogP contribution in [0.4, 0.5) is 0 Å². The molecule has 3 aliphatic rings. The van der Waals surface area contributed by atoms with E-state index in [4.69, 9.17) is 4.52 Å². The highest BCUT2D eigenvalue weighted by molar-refractivity contribution is 5.03. The molecule has 1 N–H and O–H groups in total. The summed E-state index contributed by atoms with van der Waals surface area (Å²) in [6, 6.07) is 0.993. The van der Waals surface area contributed by atoms with Crippen LogP contribution in [0.25, 0.3) is 0 Å². The first-order valence-corrected chi connectivity index (χ1v) is 8.00. The van der Waals surface area contributed by atoms with Crippen molar-refractivity contribution < 1.29 is 4.52 Å². The average molecular weight is 261 g/mol. The Hall–Kier alpha value is -0.900. The third kappa shape index (κ3) is 2.20. The van der Waals surface area contributed by atoms with Crippen LogP contribution in [0.5, 0.6) is 0 Å². The minimum atomic E-state index is 0.306. The second-order valence-corrected chi connectivity index (χ2v) is 6.57. The molecule has 4 nitrogen and oxygen atoms in total. The Morgan fingerprint density at radius 2 is 1.84 bits per heavy atom.